The van der Waals surface area contributed by atoms with Crippen LogP contribution in [-0.2, 0) is 4.79 Å². The van der Waals surface area contributed by atoms with Crippen LogP contribution in [-0.4, -0.2) is 61.4 Å². The van der Waals surface area contributed by atoms with E-state index in [0.29, 0.717) is 25.4 Å². The number of carbonyl (C=O) groups excluding carboxylic acids is 2. The summed E-state index contributed by atoms with van der Waals surface area (Å²) in [5.41, 5.74) is 1.10. The third kappa shape index (κ3) is 4.93. The summed E-state index contributed by atoms with van der Waals surface area (Å²) in [6.07, 6.45) is 5.44. The molecule has 4 rings (SSSR count). The van der Waals surface area contributed by atoms with Crippen LogP contribution in [0.1, 0.15) is 47.8 Å². The molecule has 166 valence electrons. The molecule has 0 saturated carbocycles. The van der Waals surface area contributed by atoms with Gasteiger partial charge in [0.15, 0.2) is 5.76 Å². The van der Waals surface area contributed by atoms with E-state index < -0.39 is 0 Å². The number of ether oxygens (including phenoxy) is 1. The number of amides is 2. The van der Waals surface area contributed by atoms with Crippen LogP contribution >= 0.6 is 0 Å². The zero-order valence-electron chi connectivity index (χ0n) is 18.1. The van der Waals surface area contributed by atoms with Crippen molar-refractivity contribution < 1.29 is 18.7 Å². The summed E-state index contributed by atoms with van der Waals surface area (Å²) in [4.78, 5) is 29.8. The molecule has 0 bridgehead atoms. The predicted octanol–water partition coefficient (Wildman–Crippen LogP) is 3.09. The molecule has 2 aromatic rings. The fraction of sp³-hybridized carbons (Fsp3) is 0.500. The Kier molecular flexibility index (Phi) is 6.92. The van der Waals surface area contributed by atoms with E-state index in [9.17, 15) is 9.59 Å². The van der Waals surface area contributed by atoms with Gasteiger partial charge in [0.25, 0.3) is 5.91 Å². The van der Waals surface area contributed by atoms with Gasteiger partial charge in [-0.05, 0) is 57.0 Å². The lowest BCUT2D eigenvalue weighted by Crippen LogP contribution is -2.47. The number of piperidine rings is 1. The lowest BCUT2D eigenvalue weighted by atomic mass is 9.96. The van der Waals surface area contributed by atoms with Crippen molar-refractivity contribution >= 4 is 11.8 Å². The van der Waals surface area contributed by atoms with Crippen molar-refractivity contribution in [3.8, 4) is 5.75 Å². The van der Waals surface area contributed by atoms with Gasteiger partial charge in [0.2, 0.25) is 5.91 Å². The molecule has 2 atom stereocenters. The average Bonchev–Trinajstić information content (AvgIpc) is 3.54. The number of methoxy groups -OCH3 is 1. The molecule has 31 heavy (non-hydrogen) atoms. The van der Waals surface area contributed by atoms with Gasteiger partial charge in [-0.2, -0.15) is 0 Å². The molecule has 7 heteroatoms. The molecule has 1 aromatic heterocycles. The molecule has 1 aromatic carbocycles. The third-order valence-electron chi connectivity index (χ3n) is 6.36. The Morgan fingerprint density at radius 1 is 1.13 bits per heavy atom. The van der Waals surface area contributed by atoms with Crippen molar-refractivity contribution in [3.63, 3.8) is 0 Å². The van der Waals surface area contributed by atoms with Gasteiger partial charge >= 0.3 is 0 Å². The summed E-state index contributed by atoms with van der Waals surface area (Å²) in [6, 6.07) is 11.5. The Bertz CT molecular complexity index is 877. The van der Waals surface area contributed by atoms with E-state index in [-0.39, 0.29) is 23.8 Å². The number of likely N-dealkylation sites (tertiary alicyclic amines) is 2. The summed E-state index contributed by atoms with van der Waals surface area (Å²) in [5.74, 6) is 0.833. The molecular formula is C24H31N3O4. The van der Waals surface area contributed by atoms with Gasteiger partial charge in [0.1, 0.15) is 5.75 Å². The van der Waals surface area contributed by atoms with Crippen LogP contribution in [0.3, 0.4) is 0 Å². The second kappa shape index (κ2) is 10.0. The fourth-order valence-corrected chi connectivity index (χ4v) is 4.70. The number of hydrogen-bond acceptors (Lipinski definition) is 5. The second-order valence-electron chi connectivity index (χ2n) is 8.31. The number of nitrogens with one attached hydrogen (secondary N) is 1. The van der Waals surface area contributed by atoms with Gasteiger partial charge in [-0.25, -0.2) is 0 Å². The second-order valence-corrected chi connectivity index (χ2v) is 8.31. The molecule has 2 unspecified atom stereocenters. The summed E-state index contributed by atoms with van der Waals surface area (Å²) in [6.45, 7) is 3.65. The molecular weight excluding hydrogens is 394 g/mol. The highest BCUT2D eigenvalue weighted by atomic mass is 16.5. The maximum atomic E-state index is 13.0. The first-order valence-electron chi connectivity index (χ1n) is 11.1. The normalized spacial score (nSPS) is 20.4. The van der Waals surface area contributed by atoms with Gasteiger partial charge in [0, 0.05) is 25.2 Å². The van der Waals surface area contributed by atoms with Crippen LogP contribution in [0.25, 0.3) is 0 Å². The molecule has 1 N–H and O–H groups in total. The largest absolute Gasteiger partial charge is 0.496 e. The van der Waals surface area contributed by atoms with Crippen LogP contribution in [0, 0.1) is 5.92 Å². The van der Waals surface area contributed by atoms with Crippen molar-refractivity contribution in [2.24, 2.45) is 5.92 Å². The maximum absolute atomic E-state index is 13.0. The average molecular weight is 426 g/mol. The maximum Gasteiger partial charge on any atom is 0.289 e. The van der Waals surface area contributed by atoms with Crippen LogP contribution in [0.5, 0.6) is 5.75 Å². The van der Waals surface area contributed by atoms with Crippen molar-refractivity contribution in [2.45, 2.75) is 31.7 Å². The molecule has 2 aliphatic rings. The van der Waals surface area contributed by atoms with E-state index in [1.54, 1.807) is 24.1 Å². The first-order chi connectivity index (χ1) is 15.2. The minimum atomic E-state index is -0.204. The van der Waals surface area contributed by atoms with Crippen LogP contribution in [0.15, 0.2) is 47.1 Å². The first-order valence-corrected chi connectivity index (χ1v) is 11.1. The lowest BCUT2D eigenvalue weighted by Gasteiger charge is -2.33. The zero-order chi connectivity index (χ0) is 21.6. The molecule has 0 radical (unpaired) electrons. The molecule has 2 aliphatic heterocycles. The summed E-state index contributed by atoms with van der Waals surface area (Å²) in [5, 5.41) is 3.18. The Hall–Kier alpha value is -2.80. The number of rotatable bonds is 7. The SMILES string of the molecule is COc1ccccc1C(CNC(=O)C1CCCN(C(=O)c2ccco2)C1)N1CCCC1. The lowest BCUT2D eigenvalue weighted by molar-refractivity contribution is -0.126. The highest BCUT2D eigenvalue weighted by molar-refractivity contribution is 5.92. The summed E-state index contributed by atoms with van der Waals surface area (Å²) in [7, 11) is 1.69. The van der Waals surface area contributed by atoms with E-state index in [1.807, 2.05) is 18.2 Å². The minimum Gasteiger partial charge on any atom is -0.496 e. The first kappa shape index (κ1) is 21.4. The summed E-state index contributed by atoms with van der Waals surface area (Å²) < 4.78 is 10.8. The smallest absolute Gasteiger partial charge is 0.289 e. The van der Waals surface area contributed by atoms with Crippen LogP contribution < -0.4 is 10.1 Å². The molecule has 7 nitrogen and oxygen atoms in total. The van der Waals surface area contributed by atoms with Gasteiger partial charge in [-0.15, -0.1) is 0 Å². The number of furan rings is 1. The van der Waals surface area contributed by atoms with E-state index in [4.69, 9.17) is 9.15 Å². The molecule has 0 spiro atoms. The van der Waals surface area contributed by atoms with Crippen LogP contribution in [0.4, 0.5) is 0 Å². The number of nitrogens with zero attached hydrogens (tertiary/aromatic N) is 2. The number of para-hydroxylation sites is 1. The van der Waals surface area contributed by atoms with E-state index in [1.165, 1.54) is 19.1 Å². The Balaban J connectivity index is 1.41. The van der Waals surface area contributed by atoms with Crippen molar-refractivity contribution in [1.29, 1.82) is 0 Å². The van der Waals surface area contributed by atoms with Gasteiger partial charge in [-0.3, -0.25) is 14.5 Å². The van der Waals surface area contributed by atoms with E-state index >= 15 is 0 Å². The van der Waals surface area contributed by atoms with E-state index in [2.05, 4.69) is 16.3 Å². The van der Waals surface area contributed by atoms with Crippen molar-refractivity contribution in [3.05, 3.63) is 54.0 Å². The Morgan fingerprint density at radius 2 is 1.94 bits per heavy atom. The standard InChI is InChI=1S/C24H31N3O4/c1-30-21-10-3-2-9-19(21)20(26-12-4-5-13-26)16-25-23(28)18-8-6-14-27(17-18)24(29)22-11-7-15-31-22/h2-3,7,9-11,15,18,20H,4-6,8,12-14,16-17H2,1H3,(H,25,28). The zero-order valence-corrected chi connectivity index (χ0v) is 18.1. The Morgan fingerprint density at radius 3 is 2.68 bits per heavy atom. The Labute approximate surface area is 183 Å². The molecule has 2 saturated heterocycles. The highest BCUT2D eigenvalue weighted by Gasteiger charge is 2.31. The van der Waals surface area contributed by atoms with Gasteiger partial charge < -0.3 is 19.4 Å². The van der Waals surface area contributed by atoms with Crippen LogP contribution in [0.2, 0.25) is 0 Å². The minimum absolute atomic E-state index is 0.0102. The third-order valence-corrected chi connectivity index (χ3v) is 6.36. The predicted molar refractivity (Wildman–Crippen MR) is 117 cm³/mol. The highest BCUT2D eigenvalue weighted by Crippen LogP contribution is 2.31. The molecule has 2 amide bonds. The van der Waals surface area contributed by atoms with Gasteiger partial charge in [-0.1, -0.05) is 18.2 Å². The quantitative estimate of drug-likeness (QED) is 0.738. The molecule has 0 aliphatic carbocycles. The number of carbonyl (C=O) groups is 2. The van der Waals surface area contributed by atoms with Crippen molar-refractivity contribution in [1.82, 2.24) is 15.1 Å². The van der Waals surface area contributed by atoms with E-state index in [0.717, 1.165) is 37.2 Å². The molecule has 3 heterocycles. The monoisotopic (exact) mass is 425 g/mol. The number of hydrogen-bond donors (Lipinski definition) is 1. The summed E-state index contributed by atoms with van der Waals surface area (Å²) >= 11 is 0. The number of benzene rings is 1. The molecule has 2 fully saturated rings. The topological polar surface area (TPSA) is 75.0 Å². The van der Waals surface area contributed by atoms with Gasteiger partial charge in [0.05, 0.1) is 25.3 Å². The fourth-order valence-electron chi connectivity index (χ4n) is 4.70. The van der Waals surface area contributed by atoms with Crippen molar-refractivity contribution in [2.75, 3.05) is 39.8 Å².